The van der Waals surface area contributed by atoms with Crippen LogP contribution in [-0.4, -0.2) is 31.1 Å². The molecule has 0 aliphatic rings. The predicted octanol–water partition coefficient (Wildman–Crippen LogP) is 1.57. The summed E-state index contributed by atoms with van der Waals surface area (Å²) in [7, 11) is -0.197. The van der Waals surface area contributed by atoms with Crippen LogP contribution in [-0.2, 0) is 0 Å². The van der Waals surface area contributed by atoms with Crippen molar-refractivity contribution in [1.29, 1.82) is 0 Å². The van der Waals surface area contributed by atoms with Crippen molar-refractivity contribution in [3.05, 3.63) is 0 Å². The Kier molecular flexibility index (Phi) is 6.90. The molecule has 0 amide bonds. The molecule has 50 valence electrons. The van der Waals surface area contributed by atoms with Crippen LogP contribution in [0.15, 0.2) is 0 Å². The molecule has 0 aromatic rings. The van der Waals surface area contributed by atoms with E-state index in [9.17, 15) is 0 Å². The molecule has 0 spiro atoms. The average Bonchev–Trinajstić information content (AvgIpc) is 1.66. The van der Waals surface area contributed by atoms with Crippen LogP contribution >= 0.6 is 0 Å². The first-order valence-corrected chi connectivity index (χ1v) is 8.31. The summed E-state index contributed by atoms with van der Waals surface area (Å²) >= 11 is 1.96. The fourth-order valence-corrected chi connectivity index (χ4v) is 2.41. The van der Waals surface area contributed by atoms with Crippen LogP contribution in [0.25, 0.3) is 0 Å². The summed E-state index contributed by atoms with van der Waals surface area (Å²) in [6.07, 6.45) is 2.97. The molecular formula is C6H16SiTe. The first kappa shape index (κ1) is 9.01. The van der Waals surface area contributed by atoms with Crippen molar-refractivity contribution in [2.24, 2.45) is 0 Å². The molecule has 0 rings (SSSR count). The zero-order valence-electron chi connectivity index (χ0n) is 5.85. The van der Waals surface area contributed by atoms with Gasteiger partial charge in [-0.25, -0.2) is 0 Å². The molecule has 0 saturated heterocycles. The Morgan fingerprint density at radius 3 is 2.25 bits per heavy atom. The summed E-state index contributed by atoms with van der Waals surface area (Å²) in [5.74, 6) is 0. The number of rotatable bonds is 4. The van der Waals surface area contributed by atoms with Crippen molar-refractivity contribution >= 4 is 31.1 Å². The van der Waals surface area contributed by atoms with Crippen LogP contribution in [0.5, 0.6) is 0 Å². The van der Waals surface area contributed by atoms with E-state index in [2.05, 4.69) is 13.1 Å². The Morgan fingerprint density at radius 1 is 1.25 bits per heavy atom. The third kappa shape index (κ3) is 7.01. The summed E-state index contributed by atoms with van der Waals surface area (Å²) in [5.41, 5.74) is 0. The Bertz CT molecular complexity index is 45.8. The number of unbranched alkanes of at least 4 members (excludes halogenated alkanes) is 1. The van der Waals surface area contributed by atoms with Gasteiger partial charge in [-0.05, 0) is 0 Å². The van der Waals surface area contributed by atoms with Crippen LogP contribution < -0.4 is 0 Å². The molecule has 0 bridgehead atoms. The molecule has 0 nitrogen and oxygen atoms in total. The van der Waals surface area contributed by atoms with E-state index in [1.165, 1.54) is 17.3 Å². The zero-order chi connectivity index (χ0) is 6.41. The van der Waals surface area contributed by atoms with Gasteiger partial charge in [0.2, 0.25) is 0 Å². The maximum absolute atomic E-state index is 2.43. The molecule has 0 fully saturated rings. The Hall–Kier alpha value is 1.01. The van der Waals surface area contributed by atoms with Gasteiger partial charge in [-0.2, -0.15) is 0 Å². The normalized spacial score (nSPS) is 10.5. The second kappa shape index (κ2) is 6.13. The van der Waals surface area contributed by atoms with Crippen molar-refractivity contribution in [2.45, 2.75) is 36.4 Å². The van der Waals surface area contributed by atoms with E-state index in [4.69, 9.17) is 0 Å². The van der Waals surface area contributed by atoms with Gasteiger partial charge >= 0.3 is 67.5 Å². The molecule has 0 saturated carbocycles. The van der Waals surface area contributed by atoms with Crippen molar-refractivity contribution in [3.8, 4) is 0 Å². The van der Waals surface area contributed by atoms with E-state index < -0.39 is 0 Å². The van der Waals surface area contributed by atoms with E-state index in [0.29, 0.717) is 0 Å². The molecule has 0 atom stereocenters. The van der Waals surface area contributed by atoms with Gasteiger partial charge in [0.1, 0.15) is 0 Å². The van der Waals surface area contributed by atoms with E-state index in [0.717, 1.165) is 0 Å². The molecule has 2 heteroatoms. The number of hydrogen-bond acceptors (Lipinski definition) is 0. The van der Waals surface area contributed by atoms with Gasteiger partial charge in [0, 0.05) is 0 Å². The molecular weight excluding hydrogens is 228 g/mol. The Labute approximate surface area is 67.6 Å². The third-order valence-electron chi connectivity index (χ3n) is 1.19. The molecule has 0 heterocycles. The minimum absolute atomic E-state index is 0.197. The summed E-state index contributed by atoms with van der Waals surface area (Å²) in [5, 5.41) is 0. The van der Waals surface area contributed by atoms with Crippen LogP contribution in [0.4, 0.5) is 0 Å². The summed E-state index contributed by atoms with van der Waals surface area (Å²) in [6, 6.07) is 1.56. The molecule has 0 aliphatic carbocycles. The fourth-order valence-electron chi connectivity index (χ4n) is 0.664. The maximum atomic E-state index is 2.43. The summed E-state index contributed by atoms with van der Waals surface area (Å²) in [6.45, 7) is 4.86. The second-order valence-corrected chi connectivity index (χ2v) is 7.25. The molecule has 0 unspecified atom stereocenters. The van der Waals surface area contributed by atoms with Gasteiger partial charge in [-0.15, -0.1) is 0 Å². The Morgan fingerprint density at radius 2 is 1.88 bits per heavy atom. The van der Waals surface area contributed by atoms with Crippen LogP contribution in [0.1, 0.15) is 12.8 Å². The van der Waals surface area contributed by atoms with Crippen molar-refractivity contribution in [2.75, 3.05) is 0 Å². The summed E-state index contributed by atoms with van der Waals surface area (Å²) in [4.78, 5) is 0. The third-order valence-corrected chi connectivity index (χ3v) is 3.66. The van der Waals surface area contributed by atoms with E-state index in [1.807, 2.05) is 22.3 Å². The van der Waals surface area contributed by atoms with E-state index in [1.54, 1.807) is 6.04 Å². The van der Waals surface area contributed by atoms with Crippen LogP contribution in [0, 0.1) is 0 Å². The van der Waals surface area contributed by atoms with Gasteiger partial charge in [-0.1, -0.05) is 0 Å². The summed E-state index contributed by atoms with van der Waals surface area (Å²) < 4.78 is 1.43. The minimum atomic E-state index is -0.197. The fraction of sp³-hybridized carbons (Fsp3) is 1.00. The van der Waals surface area contributed by atoms with Gasteiger partial charge in [0.15, 0.2) is 0 Å². The van der Waals surface area contributed by atoms with Gasteiger partial charge in [-0.3, -0.25) is 0 Å². The van der Waals surface area contributed by atoms with Crippen LogP contribution in [0.3, 0.4) is 0 Å². The van der Waals surface area contributed by atoms with Crippen LogP contribution in [0.2, 0.25) is 23.6 Å². The monoisotopic (exact) mass is 246 g/mol. The van der Waals surface area contributed by atoms with Gasteiger partial charge < -0.3 is 0 Å². The molecule has 0 aromatic carbocycles. The van der Waals surface area contributed by atoms with Gasteiger partial charge in [0.25, 0.3) is 0 Å². The average molecular weight is 244 g/mol. The standard InChI is InChI=1S/C6H16SiTe/c1-7(2)5-3-4-6-8/h7-8H,3-6H2,1-2H3. The SMILES string of the molecule is C[SiH](C)CCCC[TeH]. The molecule has 8 heavy (non-hydrogen) atoms. The van der Waals surface area contributed by atoms with Crippen molar-refractivity contribution < 1.29 is 0 Å². The quantitative estimate of drug-likeness (QED) is 0.520. The van der Waals surface area contributed by atoms with Crippen molar-refractivity contribution in [3.63, 3.8) is 0 Å². The van der Waals surface area contributed by atoms with E-state index >= 15 is 0 Å². The Balaban J connectivity index is 2.72. The first-order valence-electron chi connectivity index (χ1n) is 3.38. The molecule has 0 aromatic heterocycles. The predicted molar refractivity (Wildman–Crippen MR) is 44.9 cm³/mol. The topological polar surface area (TPSA) is 0 Å². The molecule has 0 radical (unpaired) electrons. The second-order valence-electron chi connectivity index (χ2n) is 2.61. The van der Waals surface area contributed by atoms with Gasteiger partial charge in [0.05, 0.1) is 0 Å². The molecule has 0 aliphatic heterocycles. The number of hydrogen-bond donors (Lipinski definition) is 0. The van der Waals surface area contributed by atoms with E-state index in [-0.39, 0.29) is 8.80 Å². The molecule has 0 N–H and O–H groups in total. The van der Waals surface area contributed by atoms with Crippen molar-refractivity contribution in [1.82, 2.24) is 0 Å². The first-order chi connectivity index (χ1) is 3.77. The zero-order valence-corrected chi connectivity index (χ0v) is 9.56.